The summed E-state index contributed by atoms with van der Waals surface area (Å²) in [4.78, 5) is 0. The quantitative estimate of drug-likeness (QED) is 0.154. The molecule has 0 aliphatic carbocycles. The Morgan fingerprint density at radius 3 is 1.24 bits per heavy atom. The molecular formula is C18H32O16. The van der Waals surface area contributed by atoms with Gasteiger partial charge in [0.25, 0.3) is 0 Å². The van der Waals surface area contributed by atoms with Gasteiger partial charge < -0.3 is 79.9 Å². The summed E-state index contributed by atoms with van der Waals surface area (Å²) in [5.41, 5.74) is 0. The second-order valence-corrected chi connectivity index (χ2v) is 8.33. The predicted octanol–water partition coefficient (Wildman–Crippen LogP) is -7.57. The van der Waals surface area contributed by atoms with Crippen LogP contribution in [0.2, 0.25) is 0 Å². The van der Waals surface area contributed by atoms with Gasteiger partial charge in [0.1, 0.15) is 73.2 Å². The van der Waals surface area contributed by atoms with Gasteiger partial charge in [-0.1, -0.05) is 0 Å². The molecule has 0 radical (unpaired) electrons. The van der Waals surface area contributed by atoms with Gasteiger partial charge in [0.15, 0.2) is 18.9 Å². The number of hydrogen-bond donors (Lipinski definition) is 11. The molecule has 0 unspecified atom stereocenters. The first kappa shape index (κ1) is 27.9. The standard InChI is InChI=1S/C18H32O16/c19-1-4-7(22)10(25)12(27)17(31-4)33-14-9(24)6(3-21)30-16(29)15(14)34-18-13(28)11(26)8(23)5(2-20)32-18/h4-29H,1-3H2/t4-,5-,6-,7-,8-,9-,10+,11-,12-,13-,14-,15-,16-,17+,18+/m1/s1. The molecule has 11 N–H and O–H groups in total. The first-order chi connectivity index (χ1) is 16.0. The van der Waals surface area contributed by atoms with Crippen molar-refractivity contribution in [2.24, 2.45) is 0 Å². The average molecular weight is 504 g/mol. The van der Waals surface area contributed by atoms with E-state index in [0.29, 0.717) is 0 Å². The van der Waals surface area contributed by atoms with E-state index in [1.165, 1.54) is 0 Å². The van der Waals surface area contributed by atoms with Crippen LogP contribution in [-0.2, 0) is 23.7 Å². The zero-order valence-corrected chi connectivity index (χ0v) is 17.7. The maximum Gasteiger partial charge on any atom is 0.187 e. The highest BCUT2D eigenvalue weighted by molar-refractivity contribution is 4.96. The average Bonchev–Trinajstić information content (AvgIpc) is 2.83. The molecule has 0 aromatic rings. The van der Waals surface area contributed by atoms with Crippen molar-refractivity contribution in [1.82, 2.24) is 0 Å². The summed E-state index contributed by atoms with van der Waals surface area (Å²) in [6.07, 6.45) is -25.6. The Morgan fingerprint density at radius 2 is 0.824 bits per heavy atom. The van der Waals surface area contributed by atoms with Gasteiger partial charge in [-0.25, -0.2) is 0 Å². The van der Waals surface area contributed by atoms with Crippen LogP contribution in [0.15, 0.2) is 0 Å². The highest BCUT2D eigenvalue weighted by Crippen LogP contribution is 2.32. The van der Waals surface area contributed by atoms with Gasteiger partial charge in [-0.05, 0) is 0 Å². The molecule has 0 saturated carbocycles. The van der Waals surface area contributed by atoms with Crippen LogP contribution in [0, 0.1) is 0 Å². The van der Waals surface area contributed by atoms with E-state index in [-0.39, 0.29) is 0 Å². The van der Waals surface area contributed by atoms with Crippen molar-refractivity contribution in [3.63, 3.8) is 0 Å². The second kappa shape index (κ2) is 11.6. The fraction of sp³-hybridized carbons (Fsp3) is 1.00. The highest BCUT2D eigenvalue weighted by Gasteiger charge is 2.53. The molecule has 0 spiro atoms. The summed E-state index contributed by atoms with van der Waals surface area (Å²) in [5.74, 6) is 0. The van der Waals surface area contributed by atoms with Crippen LogP contribution < -0.4 is 0 Å². The van der Waals surface area contributed by atoms with Gasteiger partial charge in [-0.3, -0.25) is 0 Å². The largest absolute Gasteiger partial charge is 0.394 e. The van der Waals surface area contributed by atoms with E-state index in [4.69, 9.17) is 23.7 Å². The van der Waals surface area contributed by atoms with Crippen LogP contribution in [0.3, 0.4) is 0 Å². The van der Waals surface area contributed by atoms with Gasteiger partial charge in [0.2, 0.25) is 0 Å². The number of hydrogen-bond acceptors (Lipinski definition) is 16. The third-order valence-corrected chi connectivity index (χ3v) is 6.10. The SMILES string of the molecule is OC[C@H]1O[C@@H](O[C@@H]2[C@H](O)[C@@H](CO)O[C@@H](O)[C@@H]2O[C@@H]2O[C@H](CO)[C@@H](O)[C@@H](O)[C@H]2O)[C@H](O)[C@@H](O)[C@@H]1O. The highest BCUT2D eigenvalue weighted by atomic mass is 16.8. The first-order valence-corrected chi connectivity index (χ1v) is 10.6. The molecule has 3 aliphatic rings. The monoisotopic (exact) mass is 504 g/mol. The summed E-state index contributed by atoms with van der Waals surface area (Å²) < 4.78 is 26.5. The molecule has 0 aromatic carbocycles. The number of rotatable bonds is 7. The second-order valence-electron chi connectivity index (χ2n) is 8.33. The van der Waals surface area contributed by atoms with Gasteiger partial charge in [0, 0.05) is 0 Å². The molecule has 16 heteroatoms. The predicted molar refractivity (Wildman–Crippen MR) is 101 cm³/mol. The number of aliphatic hydroxyl groups is 11. The summed E-state index contributed by atoms with van der Waals surface area (Å²) >= 11 is 0. The Bertz CT molecular complexity index is 637. The minimum Gasteiger partial charge on any atom is -0.394 e. The van der Waals surface area contributed by atoms with Crippen molar-refractivity contribution in [2.75, 3.05) is 19.8 Å². The normalized spacial score (nSPS) is 52.5. The van der Waals surface area contributed by atoms with E-state index in [2.05, 4.69) is 0 Å². The van der Waals surface area contributed by atoms with Crippen LogP contribution in [0.5, 0.6) is 0 Å². The Kier molecular flexibility index (Phi) is 9.54. The maximum absolute atomic E-state index is 10.6. The maximum atomic E-state index is 10.6. The minimum atomic E-state index is -1.94. The Labute approximate surface area is 192 Å². The van der Waals surface area contributed by atoms with Gasteiger partial charge in [0.05, 0.1) is 19.8 Å². The van der Waals surface area contributed by atoms with E-state index >= 15 is 0 Å². The summed E-state index contributed by atoms with van der Waals surface area (Å²) in [6, 6.07) is 0. The van der Waals surface area contributed by atoms with Crippen LogP contribution in [0.1, 0.15) is 0 Å². The smallest absolute Gasteiger partial charge is 0.187 e. The third kappa shape index (κ3) is 5.37. The molecule has 0 bridgehead atoms. The van der Waals surface area contributed by atoms with Crippen LogP contribution in [0.4, 0.5) is 0 Å². The van der Waals surface area contributed by atoms with Crippen molar-refractivity contribution in [2.45, 2.75) is 92.1 Å². The molecule has 3 heterocycles. The van der Waals surface area contributed by atoms with Crippen LogP contribution in [0.25, 0.3) is 0 Å². The zero-order valence-electron chi connectivity index (χ0n) is 17.7. The lowest BCUT2D eigenvalue weighted by Gasteiger charge is -2.48. The topological polar surface area (TPSA) is 269 Å². The lowest BCUT2D eigenvalue weighted by Crippen LogP contribution is -2.67. The van der Waals surface area contributed by atoms with E-state index in [9.17, 15) is 56.2 Å². The van der Waals surface area contributed by atoms with Crippen molar-refractivity contribution in [3.8, 4) is 0 Å². The molecular weight excluding hydrogens is 472 g/mol. The van der Waals surface area contributed by atoms with Crippen molar-refractivity contribution < 1.29 is 79.9 Å². The van der Waals surface area contributed by atoms with Crippen molar-refractivity contribution in [1.29, 1.82) is 0 Å². The lowest BCUT2D eigenvalue weighted by atomic mass is 9.96. The Balaban J connectivity index is 1.83. The molecule has 34 heavy (non-hydrogen) atoms. The van der Waals surface area contributed by atoms with E-state index in [1.807, 2.05) is 0 Å². The molecule has 3 rings (SSSR count). The number of aliphatic hydroxyl groups excluding tert-OH is 11. The van der Waals surface area contributed by atoms with Gasteiger partial charge in [-0.2, -0.15) is 0 Å². The van der Waals surface area contributed by atoms with Gasteiger partial charge >= 0.3 is 0 Å². The third-order valence-electron chi connectivity index (χ3n) is 6.10. The number of ether oxygens (including phenoxy) is 5. The van der Waals surface area contributed by atoms with Crippen LogP contribution >= 0.6 is 0 Å². The van der Waals surface area contributed by atoms with Crippen molar-refractivity contribution in [3.05, 3.63) is 0 Å². The van der Waals surface area contributed by atoms with E-state index in [1.54, 1.807) is 0 Å². The molecule has 3 saturated heterocycles. The lowest BCUT2D eigenvalue weighted by molar-refractivity contribution is -0.387. The molecule has 3 aliphatic heterocycles. The van der Waals surface area contributed by atoms with Crippen molar-refractivity contribution >= 4 is 0 Å². The Hall–Kier alpha value is -0.640. The van der Waals surface area contributed by atoms with E-state index < -0.39 is 112 Å². The van der Waals surface area contributed by atoms with Gasteiger partial charge in [-0.15, -0.1) is 0 Å². The Morgan fingerprint density at radius 1 is 0.441 bits per heavy atom. The summed E-state index contributed by atoms with van der Waals surface area (Å²) in [7, 11) is 0. The first-order valence-electron chi connectivity index (χ1n) is 10.6. The molecule has 0 aromatic heterocycles. The fourth-order valence-corrected chi connectivity index (χ4v) is 4.03. The molecule has 3 fully saturated rings. The summed E-state index contributed by atoms with van der Waals surface area (Å²) in [5, 5.41) is 109. The zero-order chi connectivity index (χ0) is 25.3. The minimum absolute atomic E-state index is 0.769. The molecule has 200 valence electrons. The van der Waals surface area contributed by atoms with Crippen LogP contribution in [-0.4, -0.2) is 168 Å². The molecule has 15 atom stereocenters. The molecule has 0 amide bonds. The van der Waals surface area contributed by atoms with E-state index in [0.717, 1.165) is 0 Å². The fourth-order valence-electron chi connectivity index (χ4n) is 4.03. The summed E-state index contributed by atoms with van der Waals surface area (Å²) in [6.45, 7) is -2.33. The molecule has 16 nitrogen and oxygen atoms in total.